The number of hydrogen-bond donors (Lipinski definition) is 2. The fourth-order valence-electron chi connectivity index (χ4n) is 1.39. The monoisotopic (exact) mass is 178 g/mol. The number of hydrogen-bond acceptors (Lipinski definition) is 5. The van der Waals surface area contributed by atoms with E-state index in [0.29, 0.717) is 0 Å². The maximum absolute atomic E-state index is 9.25. The molecule has 12 heavy (non-hydrogen) atoms. The molecule has 4 atom stereocenters. The van der Waals surface area contributed by atoms with Crippen molar-refractivity contribution in [3.63, 3.8) is 0 Å². The summed E-state index contributed by atoms with van der Waals surface area (Å²) in [6.07, 6.45) is -2.45. The van der Waals surface area contributed by atoms with E-state index in [2.05, 4.69) is 0 Å². The standard InChI is InChI=1S/C7H14O5/c1-10-5-4(3-8)12-7(9)6(5)11-2/h4-9H,3H2,1-2H3/t4?,5-,6-,7-/m1/s1. The summed E-state index contributed by atoms with van der Waals surface area (Å²) in [5.74, 6) is 0. The van der Waals surface area contributed by atoms with Gasteiger partial charge in [0.25, 0.3) is 0 Å². The highest BCUT2D eigenvalue weighted by atomic mass is 16.7. The van der Waals surface area contributed by atoms with Gasteiger partial charge in [0, 0.05) is 14.2 Å². The zero-order valence-electron chi connectivity index (χ0n) is 7.14. The summed E-state index contributed by atoms with van der Waals surface area (Å²) in [6.45, 7) is -0.185. The minimum Gasteiger partial charge on any atom is -0.394 e. The predicted molar refractivity (Wildman–Crippen MR) is 39.6 cm³/mol. The van der Waals surface area contributed by atoms with Gasteiger partial charge in [0.1, 0.15) is 18.3 Å². The van der Waals surface area contributed by atoms with E-state index in [1.54, 1.807) is 0 Å². The Hall–Kier alpha value is -0.200. The van der Waals surface area contributed by atoms with E-state index in [4.69, 9.17) is 19.3 Å². The summed E-state index contributed by atoms with van der Waals surface area (Å²) in [6, 6.07) is 0. The molecule has 0 spiro atoms. The first-order valence-corrected chi connectivity index (χ1v) is 3.74. The van der Waals surface area contributed by atoms with Gasteiger partial charge in [0.05, 0.1) is 6.61 Å². The minimum absolute atomic E-state index is 0.185. The lowest BCUT2D eigenvalue weighted by atomic mass is 10.1. The van der Waals surface area contributed by atoms with E-state index in [1.165, 1.54) is 14.2 Å². The Morgan fingerprint density at radius 1 is 1.25 bits per heavy atom. The van der Waals surface area contributed by atoms with Gasteiger partial charge in [-0.15, -0.1) is 0 Å². The van der Waals surface area contributed by atoms with Crippen LogP contribution in [0.5, 0.6) is 0 Å². The van der Waals surface area contributed by atoms with Crippen LogP contribution in [0.25, 0.3) is 0 Å². The number of aliphatic hydroxyl groups excluding tert-OH is 2. The molecule has 0 aromatic carbocycles. The first kappa shape index (κ1) is 9.88. The maximum atomic E-state index is 9.25. The van der Waals surface area contributed by atoms with Crippen molar-refractivity contribution in [1.82, 2.24) is 0 Å². The van der Waals surface area contributed by atoms with Crippen molar-refractivity contribution in [2.45, 2.75) is 24.6 Å². The highest BCUT2D eigenvalue weighted by Crippen LogP contribution is 2.23. The Morgan fingerprint density at radius 2 is 1.83 bits per heavy atom. The highest BCUT2D eigenvalue weighted by Gasteiger charge is 2.44. The molecule has 5 nitrogen and oxygen atoms in total. The fraction of sp³-hybridized carbons (Fsp3) is 1.00. The number of rotatable bonds is 3. The van der Waals surface area contributed by atoms with Crippen molar-refractivity contribution in [1.29, 1.82) is 0 Å². The third-order valence-corrected chi connectivity index (χ3v) is 2.01. The second kappa shape index (κ2) is 4.15. The van der Waals surface area contributed by atoms with Crippen LogP contribution in [-0.2, 0) is 14.2 Å². The highest BCUT2D eigenvalue weighted by molar-refractivity contribution is 4.87. The summed E-state index contributed by atoms with van der Waals surface area (Å²) in [7, 11) is 2.95. The average molecular weight is 178 g/mol. The van der Waals surface area contributed by atoms with E-state index in [-0.39, 0.29) is 6.61 Å². The third kappa shape index (κ3) is 1.60. The normalized spacial score (nSPS) is 42.0. The van der Waals surface area contributed by atoms with Gasteiger partial charge in [-0.2, -0.15) is 0 Å². The number of ether oxygens (including phenoxy) is 3. The summed E-state index contributed by atoms with van der Waals surface area (Å²) >= 11 is 0. The molecule has 2 N–H and O–H groups in total. The van der Waals surface area contributed by atoms with Crippen LogP contribution < -0.4 is 0 Å². The smallest absolute Gasteiger partial charge is 0.184 e. The van der Waals surface area contributed by atoms with Crippen LogP contribution >= 0.6 is 0 Å². The van der Waals surface area contributed by atoms with Crippen LogP contribution in [0.2, 0.25) is 0 Å². The third-order valence-electron chi connectivity index (χ3n) is 2.01. The molecule has 0 saturated carbocycles. The maximum Gasteiger partial charge on any atom is 0.184 e. The van der Waals surface area contributed by atoms with Crippen LogP contribution in [0.1, 0.15) is 0 Å². The Labute approximate surface area is 70.9 Å². The van der Waals surface area contributed by atoms with Crippen molar-refractivity contribution in [3.8, 4) is 0 Å². The van der Waals surface area contributed by atoms with Crippen LogP contribution in [0.15, 0.2) is 0 Å². The number of methoxy groups -OCH3 is 2. The molecule has 0 aromatic rings. The molecule has 0 aromatic heterocycles. The molecule has 1 fully saturated rings. The lowest BCUT2D eigenvalue weighted by Gasteiger charge is -2.18. The van der Waals surface area contributed by atoms with Crippen molar-refractivity contribution < 1.29 is 24.4 Å². The lowest BCUT2D eigenvalue weighted by molar-refractivity contribution is -0.140. The zero-order valence-corrected chi connectivity index (χ0v) is 7.14. The summed E-state index contributed by atoms with van der Waals surface area (Å²) in [4.78, 5) is 0. The molecule has 1 aliphatic rings. The van der Waals surface area contributed by atoms with Gasteiger partial charge in [0.15, 0.2) is 6.29 Å². The molecular weight excluding hydrogens is 164 g/mol. The van der Waals surface area contributed by atoms with Gasteiger partial charge in [-0.1, -0.05) is 0 Å². The molecular formula is C7H14O5. The van der Waals surface area contributed by atoms with Crippen LogP contribution in [0.3, 0.4) is 0 Å². The Kier molecular flexibility index (Phi) is 3.42. The molecule has 1 rings (SSSR count). The molecule has 1 unspecified atom stereocenters. The zero-order chi connectivity index (χ0) is 9.14. The average Bonchev–Trinajstić information content (AvgIpc) is 2.40. The Morgan fingerprint density at radius 3 is 2.25 bits per heavy atom. The van der Waals surface area contributed by atoms with E-state index in [1.807, 2.05) is 0 Å². The van der Waals surface area contributed by atoms with Gasteiger partial charge in [0.2, 0.25) is 0 Å². The SMILES string of the molecule is CO[C@H]1[C@H](O)OC(CO)[C@H]1OC. The second-order valence-electron chi connectivity index (χ2n) is 2.65. The molecule has 0 amide bonds. The molecule has 1 heterocycles. The van der Waals surface area contributed by atoms with Gasteiger partial charge in [-0.3, -0.25) is 0 Å². The van der Waals surface area contributed by atoms with Crippen LogP contribution in [0, 0.1) is 0 Å². The largest absolute Gasteiger partial charge is 0.394 e. The van der Waals surface area contributed by atoms with Gasteiger partial charge in [-0.25, -0.2) is 0 Å². The van der Waals surface area contributed by atoms with Gasteiger partial charge >= 0.3 is 0 Å². The van der Waals surface area contributed by atoms with Crippen molar-refractivity contribution in [3.05, 3.63) is 0 Å². The van der Waals surface area contributed by atoms with E-state index in [9.17, 15) is 5.11 Å². The molecule has 0 aliphatic carbocycles. The quantitative estimate of drug-likeness (QED) is 0.563. The van der Waals surface area contributed by atoms with Gasteiger partial charge < -0.3 is 24.4 Å². The van der Waals surface area contributed by atoms with E-state index in [0.717, 1.165) is 0 Å². The molecule has 72 valence electrons. The topological polar surface area (TPSA) is 68.2 Å². The molecule has 0 bridgehead atoms. The summed E-state index contributed by atoms with van der Waals surface area (Å²) in [5, 5.41) is 18.1. The number of aliphatic hydroxyl groups is 2. The molecule has 1 saturated heterocycles. The predicted octanol–water partition coefficient (Wildman–Crippen LogP) is -1.27. The van der Waals surface area contributed by atoms with Crippen molar-refractivity contribution in [2.24, 2.45) is 0 Å². The van der Waals surface area contributed by atoms with E-state index < -0.39 is 24.6 Å². The minimum atomic E-state index is -1.02. The first-order valence-electron chi connectivity index (χ1n) is 3.74. The molecule has 0 radical (unpaired) electrons. The Bertz CT molecular complexity index is 140. The first-order chi connectivity index (χ1) is 5.74. The molecule has 1 aliphatic heterocycles. The van der Waals surface area contributed by atoms with E-state index >= 15 is 0 Å². The van der Waals surface area contributed by atoms with Crippen LogP contribution in [-0.4, -0.2) is 55.6 Å². The van der Waals surface area contributed by atoms with Crippen molar-refractivity contribution >= 4 is 0 Å². The lowest BCUT2D eigenvalue weighted by Crippen LogP contribution is -2.37. The fourth-order valence-corrected chi connectivity index (χ4v) is 1.39. The van der Waals surface area contributed by atoms with Gasteiger partial charge in [-0.05, 0) is 0 Å². The Balaban J connectivity index is 2.61. The van der Waals surface area contributed by atoms with Crippen molar-refractivity contribution in [2.75, 3.05) is 20.8 Å². The molecule has 5 heteroatoms. The summed E-state index contributed by atoms with van der Waals surface area (Å²) < 4.78 is 14.9. The summed E-state index contributed by atoms with van der Waals surface area (Å²) in [5.41, 5.74) is 0. The second-order valence-corrected chi connectivity index (χ2v) is 2.65. The van der Waals surface area contributed by atoms with Crippen LogP contribution in [0.4, 0.5) is 0 Å².